The normalized spacial score (nSPS) is 19.8. The van der Waals surface area contributed by atoms with Crippen LogP contribution in [0.3, 0.4) is 0 Å². The molecule has 1 aliphatic heterocycles. The Balaban J connectivity index is 1.38. The molecule has 1 saturated heterocycles. The molecule has 1 unspecified atom stereocenters. The van der Waals surface area contributed by atoms with Crippen LogP contribution in [-0.2, 0) is 28.2 Å². The fourth-order valence-electron chi connectivity index (χ4n) is 3.29. The molecule has 1 N–H and O–H groups in total. The van der Waals surface area contributed by atoms with Gasteiger partial charge in [0.15, 0.2) is 0 Å². The minimum Gasteiger partial charge on any atom is -0.442 e. The first-order valence-electron chi connectivity index (χ1n) is 9.10. The van der Waals surface area contributed by atoms with E-state index >= 15 is 0 Å². The van der Waals surface area contributed by atoms with Gasteiger partial charge in [-0.15, -0.1) is 5.10 Å². The number of carbonyl (C=O) groups excluding carboxylic acids is 2. The standard InChI is InChI=1S/C19H20N6O3/c1-13(26)21-9-15-10-24(23-22-15)11-17-12-25(18(27)28-17)16-5-3-14(4-6-16)19(20-2)7-8-19/h3-6,10,17H,7-9,11-12H2,1H3,(H,21,26). The van der Waals surface area contributed by atoms with Crippen molar-refractivity contribution in [2.24, 2.45) is 0 Å². The number of anilines is 1. The summed E-state index contributed by atoms with van der Waals surface area (Å²) >= 11 is 0. The number of carbonyl (C=O) groups is 2. The van der Waals surface area contributed by atoms with Crippen LogP contribution in [0.1, 0.15) is 31.0 Å². The van der Waals surface area contributed by atoms with E-state index in [0.717, 1.165) is 24.1 Å². The van der Waals surface area contributed by atoms with Gasteiger partial charge in [-0.05, 0) is 24.3 Å². The topological polar surface area (TPSA) is 93.7 Å². The highest BCUT2D eigenvalue weighted by atomic mass is 16.6. The maximum atomic E-state index is 12.3. The van der Waals surface area contributed by atoms with Gasteiger partial charge in [0.05, 0.1) is 25.8 Å². The van der Waals surface area contributed by atoms with Crippen molar-refractivity contribution in [1.29, 1.82) is 0 Å². The van der Waals surface area contributed by atoms with Crippen molar-refractivity contribution in [3.05, 3.63) is 53.1 Å². The molecule has 1 aliphatic carbocycles. The zero-order chi connectivity index (χ0) is 19.7. The van der Waals surface area contributed by atoms with Gasteiger partial charge in [0.25, 0.3) is 5.54 Å². The van der Waals surface area contributed by atoms with E-state index in [1.165, 1.54) is 6.92 Å². The predicted molar refractivity (Wildman–Crippen MR) is 99.1 cm³/mol. The molecule has 0 bridgehead atoms. The van der Waals surface area contributed by atoms with Crippen LogP contribution >= 0.6 is 0 Å². The molecule has 1 saturated carbocycles. The molecule has 2 heterocycles. The number of aromatic nitrogens is 3. The van der Waals surface area contributed by atoms with Crippen molar-refractivity contribution in [2.75, 3.05) is 11.4 Å². The lowest BCUT2D eigenvalue weighted by Crippen LogP contribution is -2.26. The van der Waals surface area contributed by atoms with Crippen LogP contribution in [-0.4, -0.2) is 39.6 Å². The fourth-order valence-corrected chi connectivity index (χ4v) is 3.29. The van der Waals surface area contributed by atoms with Crippen LogP contribution in [0.15, 0.2) is 30.5 Å². The summed E-state index contributed by atoms with van der Waals surface area (Å²) in [7, 11) is 0. The minimum atomic E-state index is -0.400. The number of ether oxygens (including phenoxy) is 1. The number of hydrogen-bond acceptors (Lipinski definition) is 5. The Morgan fingerprint density at radius 1 is 1.39 bits per heavy atom. The SMILES string of the molecule is [C-]#[N+]C1(c2ccc(N3CC(Cn4cc(CNC(C)=O)nn4)OC3=O)cc2)CC1. The second-order valence-corrected chi connectivity index (χ2v) is 7.15. The lowest BCUT2D eigenvalue weighted by Gasteiger charge is -2.13. The third kappa shape index (κ3) is 3.53. The zero-order valence-electron chi connectivity index (χ0n) is 15.5. The number of rotatable bonds is 6. The number of amides is 2. The molecule has 1 atom stereocenters. The molecule has 2 aliphatic rings. The van der Waals surface area contributed by atoms with Gasteiger partial charge in [-0.2, -0.15) is 0 Å². The Hall–Kier alpha value is -3.41. The molecule has 0 spiro atoms. The average molecular weight is 380 g/mol. The van der Waals surface area contributed by atoms with E-state index in [-0.39, 0.29) is 17.6 Å². The van der Waals surface area contributed by atoms with Gasteiger partial charge >= 0.3 is 6.09 Å². The van der Waals surface area contributed by atoms with Crippen LogP contribution in [0.5, 0.6) is 0 Å². The van der Waals surface area contributed by atoms with Crippen molar-refractivity contribution < 1.29 is 14.3 Å². The van der Waals surface area contributed by atoms with E-state index in [1.807, 2.05) is 24.3 Å². The van der Waals surface area contributed by atoms with Gasteiger partial charge in [0.2, 0.25) is 5.91 Å². The Bertz CT molecular complexity index is 941. The molecule has 1 aromatic heterocycles. The molecular weight excluding hydrogens is 360 g/mol. The maximum Gasteiger partial charge on any atom is 0.414 e. The summed E-state index contributed by atoms with van der Waals surface area (Å²) in [6.45, 7) is 9.89. The van der Waals surface area contributed by atoms with Gasteiger partial charge in [-0.3, -0.25) is 9.69 Å². The Kier molecular flexibility index (Phi) is 4.47. The van der Waals surface area contributed by atoms with Crippen LogP contribution < -0.4 is 10.2 Å². The summed E-state index contributed by atoms with van der Waals surface area (Å²) in [5.74, 6) is -0.134. The third-order valence-electron chi connectivity index (χ3n) is 5.02. The number of cyclic esters (lactones) is 1. The Morgan fingerprint density at radius 3 is 2.79 bits per heavy atom. The summed E-state index contributed by atoms with van der Waals surface area (Å²) in [5, 5.41) is 10.7. The molecule has 2 aromatic rings. The molecule has 1 aromatic carbocycles. The van der Waals surface area contributed by atoms with Crippen molar-refractivity contribution >= 4 is 17.7 Å². The molecule has 2 fully saturated rings. The average Bonchev–Trinajstić information content (AvgIpc) is 3.23. The third-order valence-corrected chi connectivity index (χ3v) is 5.02. The Labute approximate surface area is 162 Å². The highest BCUT2D eigenvalue weighted by molar-refractivity contribution is 5.89. The van der Waals surface area contributed by atoms with E-state index in [0.29, 0.717) is 25.3 Å². The summed E-state index contributed by atoms with van der Waals surface area (Å²) in [6, 6.07) is 7.58. The summed E-state index contributed by atoms with van der Waals surface area (Å²) < 4.78 is 7.06. The fraction of sp³-hybridized carbons (Fsp3) is 0.421. The molecule has 9 nitrogen and oxygen atoms in total. The summed E-state index contributed by atoms with van der Waals surface area (Å²) in [4.78, 5) is 28.6. The Morgan fingerprint density at radius 2 is 2.14 bits per heavy atom. The molecule has 28 heavy (non-hydrogen) atoms. The van der Waals surface area contributed by atoms with E-state index in [1.54, 1.807) is 15.8 Å². The van der Waals surface area contributed by atoms with Crippen LogP contribution in [0.2, 0.25) is 0 Å². The van der Waals surface area contributed by atoms with Gasteiger partial charge in [-0.25, -0.2) is 16.0 Å². The van der Waals surface area contributed by atoms with Crippen molar-refractivity contribution in [1.82, 2.24) is 20.3 Å². The van der Waals surface area contributed by atoms with Crippen molar-refractivity contribution in [3.8, 4) is 0 Å². The number of nitrogens with one attached hydrogen (secondary N) is 1. The zero-order valence-corrected chi connectivity index (χ0v) is 15.5. The number of benzene rings is 1. The lowest BCUT2D eigenvalue weighted by atomic mass is 10.1. The van der Waals surface area contributed by atoms with E-state index in [9.17, 15) is 9.59 Å². The van der Waals surface area contributed by atoms with Crippen molar-refractivity contribution in [3.63, 3.8) is 0 Å². The van der Waals surface area contributed by atoms with Gasteiger partial charge in [-0.1, -0.05) is 5.21 Å². The van der Waals surface area contributed by atoms with Crippen LogP contribution in [0, 0.1) is 6.57 Å². The highest BCUT2D eigenvalue weighted by Crippen LogP contribution is 2.49. The number of hydrogen-bond donors (Lipinski definition) is 1. The predicted octanol–water partition coefficient (Wildman–Crippen LogP) is 1.85. The quantitative estimate of drug-likeness (QED) is 0.772. The van der Waals surface area contributed by atoms with E-state index in [2.05, 4.69) is 20.5 Å². The van der Waals surface area contributed by atoms with Crippen molar-refractivity contribution in [2.45, 2.75) is 44.5 Å². The second-order valence-electron chi connectivity index (χ2n) is 7.15. The molecule has 2 amide bonds. The summed E-state index contributed by atoms with van der Waals surface area (Å²) in [6.07, 6.45) is 2.76. The molecule has 9 heteroatoms. The van der Waals surface area contributed by atoms with Gasteiger partial charge in [0, 0.05) is 31.0 Å². The first-order valence-corrected chi connectivity index (χ1v) is 9.10. The smallest absolute Gasteiger partial charge is 0.414 e. The monoisotopic (exact) mass is 380 g/mol. The molecule has 0 radical (unpaired) electrons. The number of nitrogens with zero attached hydrogens (tertiary/aromatic N) is 5. The van der Waals surface area contributed by atoms with E-state index < -0.39 is 6.09 Å². The second kappa shape index (κ2) is 6.96. The first kappa shape index (κ1) is 18.0. The lowest BCUT2D eigenvalue weighted by molar-refractivity contribution is -0.119. The molecule has 144 valence electrons. The summed E-state index contributed by atoms with van der Waals surface area (Å²) in [5.41, 5.74) is 2.04. The first-order chi connectivity index (χ1) is 13.5. The highest BCUT2D eigenvalue weighted by Gasteiger charge is 2.52. The molecular formula is C19H20N6O3. The van der Waals surface area contributed by atoms with E-state index in [4.69, 9.17) is 11.3 Å². The largest absolute Gasteiger partial charge is 0.442 e. The maximum absolute atomic E-state index is 12.3. The van der Waals surface area contributed by atoms with Crippen LogP contribution in [0.25, 0.3) is 4.85 Å². The van der Waals surface area contributed by atoms with Crippen LogP contribution in [0.4, 0.5) is 10.5 Å². The van der Waals surface area contributed by atoms with Gasteiger partial charge in [0.1, 0.15) is 11.8 Å². The molecule has 4 rings (SSSR count). The minimum absolute atomic E-state index is 0.134. The van der Waals surface area contributed by atoms with Gasteiger partial charge < -0.3 is 14.9 Å².